The molecule has 206 valence electrons. The zero-order valence-corrected chi connectivity index (χ0v) is 25.7. The summed E-state index contributed by atoms with van der Waals surface area (Å²) in [5.41, 5.74) is 12.9. The van der Waals surface area contributed by atoms with Crippen LogP contribution >= 0.6 is 0 Å². The lowest BCUT2D eigenvalue weighted by Crippen LogP contribution is -2.28. The molecule has 0 aromatic heterocycles. The molecule has 0 fully saturated rings. The molecule has 7 rings (SSSR count). The minimum Gasteiger partial charge on any atom is -0.0622 e. The maximum atomic E-state index is 2.54. The summed E-state index contributed by atoms with van der Waals surface area (Å²) in [7, 11) is -2.26. The van der Waals surface area contributed by atoms with Crippen LogP contribution in [0, 0.1) is 0 Å². The van der Waals surface area contributed by atoms with Crippen LogP contribution in [-0.2, 0) is 0 Å². The monoisotopic (exact) mass is 566 g/mol. The fourth-order valence-corrected chi connectivity index (χ4v) is 10.6. The molecule has 6 aromatic rings. The van der Waals surface area contributed by atoms with E-state index in [0.717, 1.165) is 0 Å². The Kier molecular flexibility index (Phi) is 7.10. The Morgan fingerprint density at radius 1 is 0.279 bits per heavy atom. The number of rotatable bonds is 6. The van der Waals surface area contributed by atoms with Crippen LogP contribution in [0.15, 0.2) is 170 Å². The summed E-state index contributed by atoms with van der Waals surface area (Å²) in [5.74, 6) is 0. The lowest BCUT2D eigenvalue weighted by Gasteiger charge is -2.27. The van der Waals surface area contributed by atoms with E-state index in [9.17, 15) is 0 Å². The summed E-state index contributed by atoms with van der Waals surface area (Å²) >= 11 is 0. The van der Waals surface area contributed by atoms with Crippen molar-refractivity contribution in [3.05, 3.63) is 192 Å². The first-order valence-electron chi connectivity index (χ1n) is 15.0. The van der Waals surface area contributed by atoms with E-state index in [0.29, 0.717) is 0 Å². The molecule has 6 aromatic carbocycles. The third-order valence-electron chi connectivity index (χ3n) is 8.64. The molecular weight excluding hydrogens is 533 g/mol. The van der Waals surface area contributed by atoms with Gasteiger partial charge in [0, 0.05) is 0 Å². The van der Waals surface area contributed by atoms with Crippen molar-refractivity contribution < 1.29 is 0 Å². The maximum Gasteiger partial charge on any atom is 0.115 e. The zero-order valence-electron chi connectivity index (χ0n) is 24.7. The molecule has 0 saturated carbocycles. The van der Waals surface area contributed by atoms with Gasteiger partial charge in [0.05, 0.1) is 0 Å². The van der Waals surface area contributed by atoms with Crippen molar-refractivity contribution in [3.8, 4) is 22.3 Å². The van der Waals surface area contributed by atoms with Crippen LogP contribution in [0.5, 0.6) is 0 Å². The first kappa shape index (κ1) is 26.9. The van der Waals surface area contributed by atoms with Gasteiger partial charge in [-0.2, -0.15) is 0 Å². The third kappa shape index (κ3) is 5.03. The Bertz CT molecular complexity index is 1800. The average Bonchev–Trinajstić information content (AvgIpc) is 3.33. The van der Waals surface area contributed by atoms with Crippen LogP contribution in [0.3, 0.4) is 0 Å². The van der Waals surface area contributed by atoms with Gasteiger partial charge in [-0.05, 0) is 78.2 Å². The normalized spacial score (nSPS) is 14.3. The van der Waals surface area contributed by atoms with Crippen LogP contribution in [0.25, 0.3) is 43.8 Å². The van der Waals surface area contributed by atoms with Crippen molar-refractivity contribution in [1.29, 1.82) is 0 Å². The Morgan fingerprint density at radius 2 is 0.558 bits per heavy atom. The van der Waals surface area contributed by atoms with Gasteiger partial charge in [-0.15, -0.1) is 0 Å². The zero-order chi connectivity index (χ0) is 29.2. The lowest BCUT2D eigenvalue weighted by atomic mass is 9.88. The molecular formula is C42H34Si. The van der Waals surface area contributed by atoms with Gasteiger partial charge in [-0.1, -0.05) is 171 Å². The molecule has 0 bridgehead atoms. The van der Waals surface area contributed by atoms with Gasteiger partial charge in [-0.3, -0.25) is 0 Å². The van der Waals surface area contributed by atoms with Crippen LogP contribution in [0.1, 0.15) is 22.3 Å². The number of benzene rings is 6. The summed E-state index contributed by atoms with van der Waals surface area (Å²) in [4.78, 5) is 0. The second-order valence-electron chi connectivity index (χ2n) is 11.8. The molecule has 0 radical (unpaired) electrons. The smallest absolute Gasteiger partial charge is 0.0622 e. The van der Waals surface area contributed by atoms with Crippen LogP contribution in [0.4, 0.5) is 0 Å². The van der Waals surface area contributed by atoms with Gasteiger partial charge >= 0.3 is 0 Å². The van der Waals surface area contributed by atoms with E-state index in [1.807, 2.05) is 0 Å². The Labute approximate surface area is 256 Å². The summed E-state index contributed by atoms with van der Waals surface area (Å²) < 4.78 is 0. The van der Waals surface area contributed by atoms with Gasteiger partial charge in [0.25, 0.3) is 0 Å². The number of hydrogen-bond acceptors (Lipinski definition) is 0. The highest BCUT2D eigenvalue weighted by molar-refractivity contribution is 7.13. The summed E-state index contributed by atoms with van der Waals surface area (Å²) in [6.45, 7) is 5.09. The molecule has 0 nitrogen and oxygen atoms in total. The highest BCUT2D eigenvalue weighted by Gasteiger charge is 2.43. The molecule has 1 heterocycles. The van der Waals surface area contributed by atoms with Crippen molar-refractivity contribution in [2.24, 2.45) is 0 Å². The van der Waals surface area contributed by atoms with Crippen molar-refractivity contribution in [3.63, 3.8) is 0 Å². The average molecular weight is 567 g/mol. The molecule has 1 aliphatic heterocycles. The molecule has 1 aliphatic rings. The fraction of sp³-hybridized carbons (Fsp3) is 0.0476. The van der Waals surface area contributed by atoms with Gasteiger partial charge in [0.1, 0.15) is 8.07 Å². The largest absolute Gasteiger partial charge is 0.115 e. The molecule has 0 spiro atoms. The molecule has 0 atom stereocenters. The van der Waals surface area contributed by atoms with E-state index >= 15 is 0 Å². The minimum atomic E-state index is -2.26. The van der Waals surface area contributed by atoms with Gasteiger partial charge in [0.2, 0.25) is 0 Å². The predicted octanol–water partition coefficient (Wildman–Crippen LogP) is 11.3. The van der Waals surface area contributed by atoms with Gasteiger partial charge < -0.3 is 0 Å². The first-order valence-corrected chi connectivity index (χ1v) is 18.0. The summed E-state index contributed by atoms with van der Waals surface area (Å²) in [6.07, 6.45) is 0. The van der Waals surface area contributed by atoms with Crippen molar-refractivity contribution in [1.82, 2.24) is 0 Å². The highest BCUT2D eigenvalue weighted by Crippen LogP contribution is 2.56. The fourth-order valence-electron chi connectivity index (χ4n) is 6.77. The third-order valence-corrected chi connectivity index (χ3v) is 12.2. The molecule has 43 heavy (non-hydrogen) atoms. The van der Waals surface area contributed by atoms with Crippen LogP contribution < -0.4 is 0 Å². The van der Waals surface area contributed by atoms with Gasteiger partial charge in [-0.25, -0.2) is 0 Å². The van der Waals surface area contributed by atoms with E-state index in [-0.39, 0.29) is 0 Å². The van der Waals surface area contributed by atoms with Crippen molar-refractivity contribution >= 4 is 29.6 Å². The highest BCUT2D eigenvalue weighted by atomic mass is 28.3. The van der Waals surface area contributed by atoms with E-state index in [4.69, 9.17) is 0 Å². The van der Waals surface area contributed by atoms with Crippen LogP contribution in [-0.4, -0.2) is 8.07 Å². The molecule has 0 unspecified atom stereocenters. The second-order valence-corrected chi connectivity index (χ2v) is 16.0. The molecule has 0 aliphatic carbocycles. The molecule has 0 N–H and O–H groups in total. The Morgan fingerprint density at radius 3 is 0.907 bits per heavy atom. The number of hydrogen-bond donors (Lipinski definition) is 0. The Balaban J connectivity index is 1.52. The van der Waals surface area contributed by atoms with E-state index in [1.165, 1.54) is 66.0 Å². The Hall–Kier alpha value is -4.98. The molecule has 1 heteroatoms. The van der Waals surface area contributed by atoms with E-state index in [1.54, 1.807) is 0 Å². The van der Waals surface area contributed by atoms with E-state index in [2.05, 4.69) is 183 Å². The standard InChI is InChI=1S/C42H34Si/c1-43(2)41(37-27-15-25-35(29-37)31-17-7-3-8-18-31)39(33-21-11-5-12-22-33)40(34-23-13-6-14-24-34)42(43)38-28-16-26-36(30-38)32-19-9-4-10-20-32/h3-30H,1-2H3. The lowest BCUT2D eigenvalue weighted by molar-refractivity contribution is 1.57. The van der Waals surface area contributed by atoms with Crippen molar-refractivity contribution in [2.45, 2.75) is 13.1 Å². The topological polar surface area (TPSA) is 0 Å². The summed E-state index contributed by atoms with van der Waals surface area (Å²) in [5, 5.41) is 2.99. The second kappa shape index (κ2) is 11.4. The number of allylic oxidation sites excluding steroid dienone is 2. The molecule has 0 saturated heterocycles. The molecule has 0 amide bonds. The predicted molar refractivity (Wildman–Crippen MR) is 188 cm³/mol. The van der Waals surface area contributed by atoms with E-state index < -0.39 is 8.07 Å². The minimum absolute atomic E-state index is 1.25. The van der Waals surface area contributed by atoms with Crippen molar-refractivity contribution in [2.75, 3.05) is 0 Å². The van der Waals surface area contributed by atoms with Crippen LogP contribution in [0.2, 0.25) is 13.1 Å². The quantitative estimate of drug-likeness (QED) is 0.176. The van der Waals surface area contributed by atoms with Gasteiger partial charge in [0.15, 0.2) is 0 Å². The summed E-state index contributed by atoms with van der Waals surface area (Å²) in [6, 6.07) is 62.0. The SMILES string of the molecule is C[Si]1(C)C(c2cccc(-c3ccccc3)c2)=C(c2ccccc2)C(c2ccccc2)=C1c1cccc(-c2ccccc2)c1. The maximum absolute atomic E-state index is 2.54. The first-order chi connectivity index (χ1) is 21.1.